The van der Waals surface area contributed by atoms with Crippen LogP contribution in [0.5, 0.6) is 0 Å². The number of anilines is 1. The fourth-order valence-corrected chi connectivity index (χ4v) is 3.57. The highest BCUT2D eigenvalue weighted by Gasteiger charge is 2.22. The minimum atomic E-state index is 0.0345. The van der Waals surface area contributed by atoms with Crippen molar-refractivity contribution in [1.29, 1.82) is 0 Å². The van der Waals surface area contributed by atoms with Crippen molar-refractivity contribution in [2.75, 3.05) is 31.1 Å². The molecule has 0 radical (unpaired) electrons. The maximum Gasteiger partial charge on any atom is 0.255 e. The summed E-state index contributed by atoms with van der Waals surface area (Å²) >= 11 is 0. The van der Waals surface area contributed by atoms with E-state index < -0.39 is 0 Å². The van der Waals surface area contributed by atoms with Gasteiger partial charge >= 0.3 is 0 Å². The minimum Gasteiger partial charge on any atom is -0.331 e. The standard InChI is InChI=1S/C21H30N4O/c1-16(2)9-10-19-17(3)22-21(23-20(19)26)25-13-11-24(12-14-25)15-18-7-5-4-6-8-18/h4-8,16H,9-15H2,1-3H3,(H,22,23,26)/p+1. The van der Waals surface area contributed by atoms with E-state index in [1.165, 1.54) is 5.56 Å². The smallest absolute Gasteiger partial charge is 0.255 e. The molecule has 2 aromatic rings. The largest absolute Gasteiger partial charge is 0.331 e. The van der Waals surface area contributed by atoms with Crippen molar-refractivity contribution in [1.82, 2.24) is 9.97 Å². The number of aryl methyl sites for hydroxylation is 1. The van der Waals surface area contributed by atoms with Crippen molar-refractivity contribution in [2.24, 2.45) is 5.92 Å². The third kappa shape index (κ3) is 4.73. The lowest BCUT2D eigenvalue weighted by Gasteiger charge is -2.32. The molecular weight excluding hydrogens is 324 g/mol. The Balaban J connectivity index is 1.61. The molecule has 1 aromatic carbocycles. The maximum atomic E-state index is 12.5. The number of benzene rings is 1. The van der Waals surface area contributed by atoms with Gasteiger partial charge in [0.15, 0.2) is 0 Å². The second-order valence-corrected chi connectivity index (χ2v) is 7.79. The van der Waals surface area contributed by atoms with Gasteiger partial charge in [0.2, 0.25) is 5.95 Å². The normalized spacial score (nSPS) is 15.6. The molecule has 2 heterocycles. The van der Waals surface area contributed by atoms with Crippen LogP contribution in [0.15, 0.2) is 35.1 Å². The summed E-state index contributed by atoms with van der Waals surface area (Å²) in [6.45, 7) is 11.4. The number of H-pyrrole nitrogens is 1. The zero-order valence-electron chi connectivity index (χ0n) is 16.2. The van der Waals surface area contributed by atoms with E-state index in [1.54, 1.807) is 4.90 Å². The summed E-state index contributed by atoms with van der Waals surface area (Å²) in [6, 6.07) is 10.6. The van der Waals surface area contributed by atoms with E-state index in [2.05, 4.69) is 54.1 Å². The molecule has 1 aliphatic rings. The number of quaternary nitrogens is 1. The molecule has 0 aliphatic carbocycles. The van der Waals surface area contributed by atoms with Gasteiger partial charge in [-0.1, -0.05) is 44.2 Å². The zero-order valence-corrected chi connectivity index (χ0v) is 16.2. The molecule has 140 valence electrons. The van der Waals surface area contributed by atoms with Gasteiger partial charge in [-0.3, -0.25) is 9.78 Å². The predicted octanol–water partition coefficient (Wildman–Crippen LogP) is 1.57. The van der Waals surface area contributed by atoms with Crippen LogP contribution in [-0.2, 0) is 13.0 Å². The number of nitrogens with one attached hydrogen (secondary N) is 2. The highest BCUT2D eigenvalue weighted by Crippen LogP contribution is 2.12. The Labute approximate surface area is 156 Å². The third-order valence-corrected chi connectivity index (χ3v) is 5.25. The summed E-state index contributed by atoms with van der Waals surface area (Å²) in [5.74, 6) is 1.33. The van der Waals surface area contributed by atoms with Crippen molar-refractivity contribution in [3.8, 4) is 0 Å². The molecule has 26 heavy (non-hydrogen) atoms. The lowest BCUT2D eigenvalue weighted by molar-refractivity contribution is -0.914. The van der Waals surface area contributed by atoms with E-state index in [1.807, 2.05) is 6.92 Å². The number of rotatable bonds is 6. The first kappa shape index (κ1) is 18.6. The first-order valence-electron chi connectivity index (χ1n) is 9.75. The number of aromatic amines is 1. The first-order valence-corrected chi connectivity index (χ1v) is 9.75. The molecule has 0 bridgehead atoms. The molecule has 1 aliphatic heterocycles. The molecule has 2 N–H and O–H groups in total. The SMILES string of the molecule is Cc1nc(N2CC[NH+](Cc3ccccc3)CC2)[nH]c(=O)c1CCC(C)C. The van der Waals surface area contributed by atoms with Crippen molar-refractivity contribution in [2.45, 2.75) is 40.2 Å². The highest BCUT2D eigenvalue weighted by atomic mass is 16.1. The Morgan fingerprint density at radius 3 is 2.50 bits per heavy atom. The van der Waals surface area contributed by atoms with Crippen LogP contribution in [0.2, 0.25) is 0 Å². The molecule has 1 fully saturated rings. The molecule has 1 aromatic heterocycles. The topological polar surface area (TPSA) is 53.4 Å². The second-order valence-electron chi connectivity index (χ2n) is 7.79. The fraction of sp³-hybridized carbons (Fsp3) is 0.524. The van der Waals surface area contributed by atoms with Gasteiger partial charge in [-0.15, -0.1) is 0 Å². The monoisotopic (exact) mass is 355 g/mol. The van der Waals surface area contributed by atoms with Crippen LogP contribution in [0.4, 0.5) is 5.95 Å². The summed E-state index contributed by atoms with van der Waals surface area (Å²) in [6.07, 6.45) is 1.83. The molecule has 0 atom stereocenters. The van der Waals surface area contributed by atoms with Crippen LogP contribution in [0.3, 0.4) is 0 Å². The average Bonchev–Trinajstić information content (AvgIpc) is 2.62. The van der Waals surface area contributed by atoms with Crippen LogP contribution < -0.4 is 15.4 Å². The van der Waals surface area contributed by atoms with Crippen LogP contribution in [0.25, 0.3) is 0 Å². The van der Waals surface area contributed by atoms with E-state index in [0.717, 1.165) is 62.8 Å². The van der Waals surface area contributed by atoms with Gasteiger partial charge < -0.3 is 9.80 Å². The van der Waals surface area contributed by atoms with Crippen molar-refractivity contribution in [3.63, 3.8) is 0 Å². The third-order valence-electron chi connectivity index (χ3n) is 5.25. The number of nitrogens with zero attached hydrogens (tertiary/aromatic N) is 2. The summed E-state index contributed by atoms with van der Waals surface area (Å²) in [7, 11) is 0. The van der Waals surface area contributed by atoms with Crippen molar-refractivity contribution < 1.29 is 4.90 Å². The van der Waals surface area contributed by atoms with Gasteiger partial charge in [-0.2, -0.15) is 0 Å². The van der Waals surface area contributed by atoms with Gasteiger partial charge in [0.25, 0.3) is 5.56 Å². The summed E-state index contributed by atoms with van der Waals surface area (Å²) in [5.41, 5.74) is 3.14. The first-order chi connectivity index (χ1) is 12.5. The quantitative estimate of drug-likeness (QED) is 0.827. The molecule has 0 saturated carbocycles. The predicted molar refractivity (Wildman–Crippen MR) is 106 cm³/mol. The van der Waals surface area contributed by atoms with Crippen molar-refractivity contribution in [3.05, 3.63) is 57.5 Å². The van der Waals surface area contributed by atoms with E-state index in [9.17, 15) is 4.79 Å². The Kier molecular flexibility index (Phi) is 6.09. The lowest BCUT2D eigenvalue weighted by Crippen LogP contribution is -3.13. The lowest BCUT2D eigenvalue weighted by atomic mass is 10.0. The van der Waals surface area contributed by atoms with Crippen molar-refractivity contribution >= 4 is 5.95 Å². The number of hydrogen-bond donors (Lipinski definition) is 2. The fourth-order valence-electron chi connectivity index (χ4n) is 3.57. The van der Waals surface area contributed by atoms with E-state index >= 15 is 0 Å². The Morgan fingerprint density at radius 1 is 1.19 bits per heavy atom. The van der Waals surface area contributed by atoms with E-state index in [-0.39, 0.29) is 5.56 Å². The van der Waals surface area contributed by atoms with Crippen LogP contribution >= 0.6 is 0 Å². The van der Waals surface area contributed by atoms with Gasteiger partial charge in [0.1, 0.15) is 6.54 Å². The summed E-state index contributed by atoms with van der Waals surface area (Å²) in [4.78, 5) is 24.0. The molecule has 0 amide bonds. The minimum absolute atomic E-state index is 0.0345. The molecular formula is C21H31N4O+. The van der Waals surface area contributed by atoms with E-state index in [4.69, 9.17) is 4.98 Å². The second kappa shape index (κ2) is 8.49. The molecule has 5 heteroatoms. The molecule has 1 saturated heterocycles. The maximum absolute atomic E-state index is 12.5. The Bertz CT molecular complexity index is 761. The molecule has 5 nitrogen and oxygen atoms in total. The van der Waals surface area contributed by atoms with Gasteiger partial charge in [0, 0.05) is 16.8 Å². The Morgan fingerprint density at radius 2 is 1.88 bits per heavy atom. The van der Waals surface area contributed by atoms with Crippen LogP contribution in [0, 0.1) is 12.8 Å². The molecule has 0 spiro atoms. The average molecular weight is 356 g/mol. The van der Waals surface area contributed by atoms with Crippen LogP contribution in [-0.4, -0.2) is 36.1 Å². The van der Waals surface area contributed by atoms with Gasteiger partial charge in [-0.05, 0) is 25.7 Å². The number of piperazine rings is 1. The van der Waals surface area contributed by atoms with Gasteiger partial charge in [-0.25, -0.2) is 4.98 Å². The summed E-state index contributed by atoms with van der Waals surface area (Å²) < 4.78 is 0. The number of aromatic nitrogens is 2. The molecule has 3 rings (SSSR count). The molecule has 0 unspecified atom stereocenters. The highest BCUT2D eigenvalue weighted by molar-refractivity contribution is 5.33. The zero-order chi connectivity index (χ0) is 18.5. The summed E-state index contributed by atoms with van der Waals surface area (Å²) in [5, 5.41) is 0. The number of hydrogen-bond acceptors (Lipinski definition) is 3. The Hall–Kier alpha value is -2.14. The van der Waals surface area contributed by atoms with Gasteiger partial charge in [0.05, 0.1) is 26.2 Å². The van der Waals surface area contributed by atoms with E-state index in [0.29, 0.717) is 5.92 Å². The van der Waals surface area contributed by atoms with Crippen LogP contribution in [0.1, 0.15) is 37.1 Å².